The maximum atomic E-state index is 12.3. The first-order valence-electron chi connectivity index (χ1n) is 5.37. The summed E-state index contributed by atoms with van der Waals surface area (Å²) in [4.78, 5) is 0.104. The summed E-state index contributed by atoms with van der Waals surface area (Å²) in [5.74, 6) is 0.325. The van der Waals surface area contributed by atoms with Crippen LogP contribution in [0, 0.1) is 0 Å². The van der Waals surface area contributed by atoms with Crippen LogP contribution >= 0.6 is 12.2 Å². The Labute approximate surface area is 113 Å². The number of sulfonamides is 1. The first-order chi connectivity index (χ1) is 8.45. The second-order valence-corrected chi connectivity index (χ2v) is 5.73. The molecule has 7 heteroatoms. The number of thiocarbonyl (C=S) groups is 1. The van der Waals surface area contributed by atoms with E-state index in [2.05, 4.69) is 5.32 Å². The molecule has 0 saturated heterocycles. The third-order valence-corrected chi connectivity index (χ3v) is 4.68. The van der Waals surface area contributed by atoms with Gasteiger partial charge in [0, 0.05) is 14.1 Å². The lowest BCUT2D eigenvalue weighted by Gasteiger charge is -2.20. The Bertz CT molecular complexity index is 529. The van der Waals surface area contributed by atoms with Crippen molar-refractivity contribution in [2.24, 2.45) is 0 Å². The number of hydrogen-bond acceptors (Lipinski definition) is 4. The van der Waals surface area contributed by atoms with Crippen LogP contribution in [0.15, 0.2) is 29.2 Å². The highest BCUT2D eigenvalue weighted by molar-refractivity contribution is 7.91. The van der Waals surface area contributed by atoms with Gasteiger partial charge in [0.25, 0.3) is 10.0 Å². The van der Waals surface area contributed by atoms with Crippen molar-refractivity contribution in [3.63, 3.8) is 0 Å². The molecule has 1 aromatic rings. The number of nitrogens with one attached hydrogen (secondary N) is 1. The minimum atomic E-state index is -3.70. The number of rotatable bonds is 4. The Morgan fingerprint density at radius 1 is 1.44 bits per heavy atom. The molecule has 1 rings (SSSR count). The Hall–Kier alpha value is -1.34. The Morgan fingerprint density at radius 3 is 2.61 bits per heavy atom. The maximum Gasteiger partial charge on any atom is 0.269 e. The van der Waals surface area contributed by atoms with Gasteiger partial charge in [-0.1, -0.05) is 12.1 Å². The molecule has 5 nitrogen and oxygen atoms in total. The smallest absolute Gasteiger partial charge is 0.269 e. The van der Waals surface area contributed by atoms with Crippen molar-refractivity contribution in [3.8, 4) is 5.75 Å². The molecule has 0 atom stereocenters. The summed E-state index contributed by atoms with van der Waals surface area (Å²) in [7, 11) is -0.727. The van der Waals surface area contributed by atoms with Gasteiger partial charge in [0.2, 0.25) is 0 Å². The van der Waals surface area contributed by atoms with E-state index in [-0.39, 0.29) is 10.0 Å². The lowest BCUT2D eigenvalue weighted by molar-refractivity contribution is 0.330. The molecular weight excluding hydrogens is 272 g/mol. The summed E-state index contributed by atoms with van der Waals surface area (Å²) in [6.45, 7) is 2.19. The number of nitrogens with zero attached hydrogens (tertiary/aromatic N) is 1. The van der Waals surface area contributed by atoms with Crippen LogP contribution < -0.4 is 10.1 Å². The van der Waals surface area contributed by atoms with Gasteiger partial charge in [0.15, 0.2) is 5.11 Å². The average molecular weight is 288 g/mol. The Kier molecular flexibility index (Phi) is 4.92. The number of hydrogen-bond donors (Lipinski definition) is 1. The van der Waals surface area contributed by atoms with Gasteiger partial charge < -0.3 is 10.1 Å². The maximum absolute atomic E-state index is 12.3. The molecule has 100 valence electrons. The van der Waals surface area contributed by atoms with Crippen LogP contribution in [0.3, 0.4) is 0 Å². The van der Waals surface area contributed by atoms with Crippen LogP contribution in [0.4, 0.5) is 0 Å². The highest BCUT2D eigenvalue weighted by Crippen LogP contribution is 2.25. The van der Waals surface area contributed by atoms with Crippen molar-refractivity contribution in [1.82, 2.24) is 9.62 Å². The van der Waals surface area contributed by atoms with Gasteiger partial charge in [-0.05, 0) is 31.3 Å². The van der Waals surface area contributed by atoms with Crippen molar-refractivity contribution in [2.75, 3.05) is 20.7 Å². The second kappa shape index (κ2) is 6.01. The van der Waals surface area contributed by atoms with E-state index in [9.17, 15) is 8.42 Å². The van der Waals surface area contributed by atoms with E-state index in [0.29, 0.717) is 12.4 Å². The van der Waals surface area contributed by atoms with Gasteiger partial charge in [0.1, 0.15) is 10.6 Å². The molecule has 0 radical (unpaired) electrons. The number of benzene rings is 1. The Balaban J connectivity index is 3.24. The Morgan fingerprint density at radius 2 is 2.06 bits per heavy atom. The van der Waals surface area contributed by atoms with Gasteiger partial charge in [-0.25, -0.2) is 12.7 Å². The third kappa shape index (κ3) is 2.91. The minimum Gasteiger partial charge on any atom is -0.492 e. The van der Waals surface area contributed by atoms with Gasteiger partial charge in [0.05, 0.1) is 6.61 Å². The highest BCUT2D eigenvalue weighted by Gasteiger charge is 2.25. The summed E-state index contributed by atoms with van der Waals surface area (Å²) in [6.07, 6.45) is 0. The predicted octanol–water partition coefficient (Wildman–Crippen LogP) is 1.21. The van der Waals surface area contributed by atoms with Crippen molar-refractivity contribution >= 4 is 27.4 Å². The van der Waals surface area contributed by atoms with Crippen molar-refractivity contribution in [1.29, 1.82) is 0 Å². The monoisotopic (exact) mass is 288 g/mol. The zero-order valence-electron chi connectivity index (χ0n) is 10.5. The van der Waals surface area contributed by atoms with E-state index in [1.807, 2.05) is 0 Å². The fourth-order valence-electron chi connectivity index (χ4n) is 1.35. The average Bonchev–Trinajstić information content (AvgIpc) is 2.37. The molecule has 0 fully saturated rings. The van der Waals surface area contributed by atoms with Gasteiger partial charge >= 0.3 is 0 Å². The molecule has 0 spiro atoms. The summed E-state index contributed by atoms with van der Waals surface area (Å²) in [5, 5.41) is 2.76. The molecule has 0 saturated carbocycles. The normalized spacial score (nSPS) is 10.8. The van der Waals surface area contributed by atoms with Gasteiger partial charge in [-0.3, -0.25) is 0 Å². The van der Waals surface area contributed by atoms with Gasteiger partial charge in [-0.15, -0.1) is 0 Å². The quantitative estimate of drug-likeness (QED) is 0.844. The first-order valence-corrected chi connectivity index (χ1v) is 7.22. The molecule has 1 aromatic carbocycles. The fourth-order valence-corrected chi connectivity index (χ4v) is 2.88. The van der Waals surface area contributed by atoms with Crippen LogP contribution in [0.25, 0.3) is 0 Å². The van der Waals surface area contributed by atoms with Crippen molar-refractivity contribution < 1.29 is 13.2 Å². The zero-order valence-corrected chi connectivity index (χ0v) is 12.1. The third-order valence-electron chi connectivity index (χ3n) is 2.29. The van der Waals surface area contributed by atoms with E-state index in [0.717, 1.165) is 4.31 Å². The van der Waals surface area contributed by atoms with Crippen molar-refractivity contribution in [3.05, 3.63) is 24.3 Å². The van der Waals surface area contributed by atoms with Crippen LogP contribution in [0.1, 0.15) is 6.92 Å². The molecular formula is C11H16N2O3S2. The molecule has 0 aromatic heterocycles. The van der Waals surface area contributed by atoms with E-state index in [4.69, 9.17) is 17.0 Å². The van der Waals surface area contributed by atoms with E-state index >= 15 is 0 Å². The molecule has 0 aliphatic heterocycles. The summed E-state index contributed by atoms with van der Waals surface area (Å²) in [5.41, 5.74) is 0. The number of para-hydroxylation sites is 1. The molecule has 0 amide bonds. The molecule has 0 bridgehead atoms. The molecule has 18 heavy (non-hydrogen) atoms. The molecule has 0 aliphatic carbocycles. The van der Waals surface area contributed by atoms with Crippen LogP contribution in [0.5, 0.6) is 5.75 Å². The van der Waals surface area contributed by atoms with Crippen molar-refractivity contribution in [2.45, 2.75) is 11.8 Å². The number of ether oxygens (including phenoxy) is 1. The van der Waals surface area contributed by atoms with Crippen LogP contribution in [0.2, 0.25) is 0 Å². The topological polar surface area (TPSA) is 58.6 Å². The SMILES string of the molecule is CCOc1ccccc1S(=O)(=O)N(C)C(=S)NC. The zero-order chi connectivity index (χ0) is 13.8. The van der Waals surface area contributed by atoms with Gasteiger partial charge in [-0.2, -0.15) is 0 Å². The minimum absolute atomic E-state index is 0.104. The molecule has 1 N–H and O–H groups in total. The molecule has 0 heterocycles. The summed E-state index contributed by atoms with van der Waals surface area (Å²) >= 11 is 4.93. The van der Waals surface area contributed by atoms with E-state index < -0.39 is 10.0 Å². The second-order valence-electron chi connectivity index (χ2n) is 3.41. The predicted molar refractivity (Wildman–Crippen MR) is 74.2 cm³/mol. The first kappa shape index (κ1) is 14.7. The van der Waals surface area contributed by atoms with E-state index in [1.165, 1.54) is 13.1 Å². The lowest BCUT2D eigenvalue weighted by atomic mass is 10.3. The van der Waals surface area contributed by atoms with Crippen LogP contribution in [-0.4, -0.2) is 38.5 Å². The summed E-state index contributed by atoms with van der Waals surface area (Å²) in [6, 6.07) is 6.48. The standard InChI is InChI=1S/C11H16N2O3S2/c1-4-16-9-7-5-6-8-10(9)18(14,15)13(3)11(17)12-2/h5-8H,4H2,1-3H3,(H,12,17). The molecule has 0 aliphatic rings. The lowest BCUT2D eigenvalue weighted by Crippen LogP contribution is -2.39. The molecule has 0 unspecified atom stereocenters. The summed E-state index contributed by atoms with van der Waals surface area (Å²) < 4.78 is 31.0. The van der Waals surface area contributed by atoms with E-state index in [1.54, 1.807) is 32.2 Å². The van der Waals surface area contributed by atoms with Crippen LogP contribution in [-0.2, 0) is 10.0 Å². The largest absolute Gasteiger partial charge is 0.492 e. The fraction of sp³-hybridized carbons (Fsp3) is 0.364. The highest BCUT2D eigenvalue weighted by atomic mass is 32.2.